The molecule has 2 aromatic rings. The molecule has 2 rings (SSSR count). The predicted molar refractivity (Wildman–Crippen MR) is 79.1 cm³/mol. The highest BCUT2D eigenvalue weighted by molar-refractivity contribution is 7.18. The van der Waals surface area contributed by atoms with Crippen LogP contribution in [0, 0.1) is 0 Å². The number of aromatic nitrogens is 1. The minimum Gasteiger partial charge on any atom is -0.309 e. The summed E-state index contributed by atoms with van der Waals surface area (Å²) in [5.74, 6) is 0. The highest BCUT2D eigenvalue weighted by Crippen LogP contribution is 2.21. The van der Waals surface area contributed by atoms with E-state index >= 15 is 0 Å². The quantitative estimate of drug-likeness (QED) is 0.868. The third-order valence-electron chi connectivity index (χ3n) is 2.95. The largest absolute Gasteiger partial charge is 0.309 e. The Kier molecular flexibility index (Phi) is 4.69. The first-order chi connectivity index (χ1) is 8.65. The van der Waals surface area contributed by atoms with Gasteiger partial charge in [-0.1, -0.05) is 12.1 Å². The van der Waals surface area contributed by atoms with Crippen LogP contribution in [-0.2, 0) is 6.54 Å². The number of rotatable bonds is 6. The van der Waals surface area contributed by atoms with Gasteiger partial charge < -0.3 is 10.2 Å². The number of hydrogen-bond donors (Lipinski definition) is 1. The Hall–Kier alpha value is -0.970. The summed E-state index contributed by atoms with van der Waals surface area (Å²) in [6.45, 7) is 4.22. The molecular weight excluding hydrogens is 242 g/mol. The van der Waals surface area contributed by atoms with Crippen LogP contribution in [0.25, 0.3) is 10.2 Å². The number of benzene rings is 1. The second kappa shape index (κ2) is 6.27. The fourth-order valence-corrected chi connectivity index (χ4v) is 2.73. The van der Waals surface area contributed by atoms with Gasteiger partial charge >= 0.3 is 0 Å². The van der Waals surface area contributed by atoms with E-state index in [9.17, 15) is 0 Å². The van der Waals surface area contributed by atoms with E-state index in [1.165, 1.54) is 9.71 Å². The van der Waals surface area contributed by atoms with Crippen molar-refractivity contribution in [1.82, 2.24) is 15.2 Å². The van der Waals surface area contributed by atoms with Crippen molar-refractivity contribution in [3.63, 3.8) is 0 Å². The maximum absolute atomic E-state index is 4.63. The first kappa shape index (κ1) is 13.5. The molecule has 1 heterocycles. The molecule has 0 aliphatic rings. The average Bonchev–Trinajstić information content (AvgIpc) is 2.76. The Bertz CT molecular complexity index is 459. The van der Waals surface area contributed by atoms with Crippen molar-refractivity contribution in [2.24, 2.45) is 0 Å². The highest BCUT2D eigenvalue weighted by atomic mass is 32.1. The van der Waals surface area contributed by atoms with E-state index in [1.54, 1.807) is 11.3 Å². The number of para-hydroxylation sites is 1. The van der Waals surface area contributed by atoms with Gasteiger partial charge in [0.25, 0.3) is 0 Å². The van der Waals surface area contributed by atoms with Crippen molar-refractivity contribution in [1.29, 1.82) is 0 Å². The molecule has 0 fully saturated rings. The number of nitrogens with one attached hydrogen (secondary N) is 1. The van der Waals surface area contributed by atoms with Crippen molar-refractivity contribution >= 4 is 21.6 Å². The second-order valence-corrected chi connectivity index (χ2v) is 6.06. The van der Waals surface area contributed by atoms with Crippen LogP contribution >= 0.6 is 11.3 Å². The van der Waals surface area contributed by atoms with Crippen molar-refractivity contribution in [3.05, 3.63) is 29.3 Å². The van der Waals surface area contributed by atoms with Crippen LogP contribution in [0.15, 0.2) is 24.3 Å². The van der Waals surface area contributed by atoms with Gasteiger partial charge in [0.1, 0.15) is 5.01 Å². The number of fused-ring (bicyclic) bond motifs is 1. The summed E-state index contributed by atoms with van der Waals surface area (Å²) in [5, 5.41) is 4.71. The van der Waals surface area contributed by atoms with Gasteiger partial charge in [0, 0.05) is 12.6 Å². The van der Waals surface area contributed by atoms with Gasteiger partial charge in [0.05, 0.1) is 10.2 Å². The Balaban J connectivity index is 1.86. The van der Waals surface area contributed by atoms with Crippen LogP contribution in [0.3, 0.4) is 0 Å². The Morgan fingerprint density at radius 3 is 2.83 bits per heavy atom. The van der Waals surface area contributed by atoms with Crippen LogP contribution in [0.4, 0.5) is 0 Å². The fourth-order valence-electron chi connectivity index (χ4n) is 1.81. The molecule has 3 nitrogen and oxygen atoms in total. The van der Waals surface area contributed by atoms with Crippen molar-refractivity contribution in [2.45, 2.75) is 25.9 Å². The lowest BCUT2D eigenvalue weighted by Crippen LogP contribution is -2.29. The monoisotopic (exact) mass is 263 g/mol. The standard InChI is InChI=1S/C14H21N3S/c1-11(8-9-17(2)3)15-10-14-16-12-6-4-5-7-13(12)18-14/h4-7,11,15H,8-10H2,1-3H3. The van der Waals surface area contributed by atoms with E-state index in [0.717, 1.165) is 25.0 Å². The van der Waals surface area contributed by atoms with Gasteiger partial charge in [-0.05, 0) is 46.1 Å². The summed E-state index contributed by atoms with van der Waals surface area (Å²) < 4.78 is 1.27. The molecule has 98 valence electrons. The van der Waals surface area contributed by atoms with Crippen molar-refractivity contribution in [3.8, 4) is 0 Å². The SMILES string of the molecule is CC(CCN(C)C)NCc1nc2ccccc2s1. The number of thiazole rings is 1. The summed E-state index contributed by atoms with van der Waals surface area (Å²) in [4.78, 5) is 6.84. The lowest BCUT2D eigenvalue weighted by atomic mass is 10.2. The third-order valence-corrected chi connectivity index (χ3v) is 3.99. The van der Waals surface area contributed by atoms with Gasteiger partial charge in [0.15, 0.2) is 0 Å². The van der Waals surface area contributed by atoms with Crippen molar-refractivity contribution in [2.75, 3.05) is 20.6 Å². The molecule has 1 aromatic carbocycles. The summed E-state index contributed by atoms with van der Waals surface area (Å²) in [5.41, 5.74) is 1.11. The number of hydrogen-bond acceptors (Lipinski definition) is 4. The van der Waals surface area contributed by atoms with E-state index in [0.29, 0.717) is 6.04 Å². The zero-order valence-corrected chi connectivity index (χ0v) is 12.1. The third kappa shape index (κ3) is 3.77. The Morgan fingerprint density at radius 1 is 1.33 bits per heavy atom. The average molecular weight is 263 g/mol. The van der Waals surface area contributed by atoms with E-state index in [-0.39, 0.29) is 0 Å². The minimum atomic E-state index is 0.527. The van der Waals surface area contributed by atoms with Crippen molar-refractivity contribution < 1.29 is 0 Å². The Morgan fingerprint density at radius 2 is 2.11 bits per heavy atom. The minimum absolute atomic E-state index is 0.527. The Labute approximate surface area is 113 Å². The molecule has 1 atom stereocenters. The molecule has 0 aliphatic carbocycles. The molecule has 0 spiro atoms. The van der Waals surface area contributed by atoms with E-state index < -0.39 is 0 Å². The summed E-state index contributed by atoms with van der Waals surface area (Å²) in [7, 11) is 4.22. The smallest absolute Gasteiger partial charge is 0.108 e. The molecule has 1 unspecified atom stereocenters. The lowest BCUT2D eigenvalue weighted by molar-refractivity contribution is 0.365. The van der Waals surface area contributed by atoms with Crippen LogP contribution in [0.2, 0.25) is 0 Å². The molecule has 0 saturated carbocycles. The van der Waals surface area contributed by atoms with Crippen LogP contribution in [0.5, 0.6) is 0 Å². The predicted octanol–water partition coefficient (Wildman–Crippen LogP) is 2.73. The zero-order valence-electron chi connectivity index (χ0n) is 11.3. The van der Waals surface area contributed by atoms with Crippen LogP contribution in [-0.4, -0.2) is 36.6 Å². The van der Waals surface area contributed by atoms with E-state index in [4.69, 9.17) is 0 Å². The zero-order chi connectivity index (χ0) is 13.0. The van der Waals surface area contributed by atoms with Gasteiger partial charge in [-0.3, -0.25) is 0 Å². The number of nitrogens with zero attached hydrogens (tertiary/aromatic N) is 2. The molecule has 18 heavy (non-hydrogen) atoms. The molecular formula is C14H21N3S. The lowest BCUT2D eigenvalue weighted by Gasteiger charge is -2.15. The normalized spacial score (nSPS) is 13.3. The van der Waals surface area contributed by atoms with Crippen LogP contribution < -0.4 is 5.32 Å². The maximum Gasteiger partial charge on any atom is 0.108 e. The first-order valence-electron chi connectivity index (χ1n) is 6.37. The van der Waals surface area contributed by atoms with E-state index in [1.807, 2.05) is 6.07 Å². The maximum atomic E-state index is 4.63. The van der Waals surface area contributed by atoms with Gasteiger partial charge in [-0.2, -0.15) is 0 Å². The summed E-state index contributed by atoms with van der Waals surface area (Å²) in [6.07, 6.45) is 1.16. The van der Waals surface area contributed by atoms with E-state index in [2.05, 4.69) is 54.4 Å². The molecule has 1 N–H and O–H groups in total. The van der Waals surface area contributed by atoms with Gasteiger partial charge in [-0.15, -0.1) is 11.3 Å². The summed E-state index contributed by atoms with van der Waals surface area (Å²) >= 11 is 1.78. The molecule has 0 saturated heterocycles. The molecule has 0 amide bonds. The highest BCUT2D eigenvalue weighted by Gasteiger charge is 2.06. The fraction of sp³-hybridized carbons (Fsp3) is 0.500. The van der Waals surface area contributed by atoms with Gasteiger partial charge in [0.2, 0.25) is 0 Å². The molecule has 0 bridgehead atoms. The molecule has 0 radical (unpaired) electrons. The topological polar surface area (TPSA) is 28.2 Å². The molecule has 0 aliphatic heterocycles. The van der Waals surface area contributed by atoms with Crippen LogP contribution in [0.1, 0.15) is 18.4 Å². The second-order valence-electron chi connectivity index (χ2n) is 4.95. The first-order valence-corrected chi connectivity index (χ1v) is 7.19. The summed E-state index contributed by atoms with van der Waals surface area (Å²) in [6, 6.07) is 8.84. The molecule has 4 heteroatoms. The van der Waals surface area contributed by atoms with Gasteiger partial charge in [-0.25, -0.2) is 4.98 Å². The molecule has 1 aromatic heterocycles.